The van der Waals surface area contributed by atoms with E-state index in [-0.39, 0.29) is 27.1 Å². The number of thiophene rings is 1. The fraction of sp³-hybridized carbons (Fsp3) is 0.467. The van der Waals surface area contributed by atoms with E-state index in [4.69, 9.17) is 4.99 Å². The summed E-state index contributed by atoms with van der Waals surface area (Å²) in [5, 5.41) is 5.77. The van der Waals surface area contributed by atoms with Crippen LogP contribution in [0.15, 0.2) is 22.5 Å². The van der Waals surface area contributed by atoms with Crippen LogP contribution in [0.2, 0.25) is 0 Å². The van der Waals surface area contributed by atoms with Gasteiger partial charge in [0.1, 0.15) is 0 Å². The second-order valence-electron chi connectivity index (χ2n) is 5.29. The van der Waals surface area contributed by atoms with Crippen molar-refractivity contribution in [3.63, 3.8) is 0 Å². The van der Waals surface area contributed by atoms with Crippen molar-refractivity contribution in [2.75, 3.05) is 26.7 Å². The second kappa shape index (κ2) is 7.93. The zero-order chi connectivity index (χ0) is 14.7. The quantitative estimate of drug-likeness (QED) is 0.626. The molecule has 0 aliphatic carbocycles. The maximum atomic E-state index is 11.6. The largest absolute Gasteiger partial charge is 2.00 e. The second-order valence-corrected chi connectivity index (χ2v) is 6.20. The Bertz CT molecular complexity index is 688. The number of hydrogen-bond donors (Lipinski definition) is 2. The summed E-state index contributed by atoms with van der Waals surface area (Å²) in [5.74, 6) is 0.560. The van der Waals surface area contributed by atoms with Gasteiger partial charge in [-0.25, -0.2) is 4.79 Å². The zero-order valence-corrected chi connectivity index (χ0v) is 16.2. The predicted octanol–water partition coefficient (Wildman–Crippen LogP) is 1.98. The first-order valence-corrected chi connectivity index (χ1v) is 8.09. The number of urea groups is 1. The zero-order valence-electron chi connectivity index (χ0n) is 12.5. The molecule has 7 heteroatoms. The Hall–Kier alpha value is -1.13. The van der Waals surface area contributed by atoms with Crippen molar-refractivity contribution in [1.29, 1.82) is 0 Å². The Labute approximate surface area is 148 Å². The molecule has 2 N–H and O–H groups in total. The SMILES string of the molecule is CNC(=O)N1CCC(CN=c2c[c-][nH]c3ccsc23)CC1.[W+2]. The van der Waals surface area contributed by atoms with Crippen molar-refractivity contribution in [3.8, 4) is 0 Å². The maximum Gasteiger partial charge on any atom is 2.00 e. The average molecular weight is 487 g/mol. The molecule has 1 aliphatic rings. The number of amides is 2. The molecule has 0 unspecified atom stereocenters. The molecule has 2 aromatic heterocycles. The average Bonchev–Trinajstić information content (AvgIpc) is 3.02. The number of nitrogens with zero attached hydrogens (tertiary/aromatic N) is 2. The van der Waals surface area contributed by atoms with E-state index in [0.29, 0.717) is 5.92 Å². The number of likely N-dealkylation sites (tertiary alicyclic amines) is 1. The molecule has 0 saturated carbocycles. The van der Waals surface area contributed by atoms with Crippen LogP contribution in [0.4, 0.5) is 4.79 Å². The summed E-state index contributed by atoms with van der Waals surface area (Å²) in [5.41, 5.74) is 1.09. The van der Waals surface area contributed by atoms with Crippen molar-refractivity contribution >= 4 is 27.6 Å². The Kier molecular flexibility index (Phi) is 6.21. The van der Waals surface area contributed by atoms with Crippen LogP contribution in [0.25, 0.3) is 10.2 Å². The third kappa shape index (κ3) is 3.79. The topological polar surface area (TPSA) is 60.5 Å². The fourth-order valence-electron chi connectivity index (χ4n) is 2.68. The summed E-state index contributed by atoms with van der Waals surface area (Å²) < 4.78 is 1.19. The van der Waals surface area contributed by atoms with Crippen LogP contribution in [0.5, 0.6) is 0 Å². The molecule has 1 aliphatic heterocycles. The van der Waals surface area contributed by atoms with Crippen molar-refractivity contribution < 1.29 is 25.9 Å². The number of aromatic amines is 1. The third-order valence-electron chi connectivity index (χ3n) is 3.95. The van der Waals surface area contributed by atoms with Gasteiger partial charge in [-0.3, -0.25) is 0 Å². The minimum atomic E-state index is 0. The van der Waals surface area contributed by atoms with E-state index in [1.165, 1.54) is 4.70 Å². The van der Waals surface area contributed by atoms with Gasteiger partial charge in [-0.05, 0) is 34.2 Å². The summed E-state index contributed by atoms with van der Waals surface area (Å²) in [6.07, 6.45) is 5.08. The molecule has 0 aromatic carbocycles. The molecule has 0 bridgehead atoms. The van der Waals surface area contributed by atoms with Gasteiger partial charge < -0.3 is 20.2 Å². The molecular formula is C15H19N4OSW+. The first kappa shape index (κ1) is 17.2. The van der Waals surface area contributed by atoms with Gasteiger partial charge in [-0.2, -0.15) is 11.3 Å². The number of pyridine rings is 1. The number of aromatic nitrogens is 1. The van der Waals surface area contributed by atoms with Crippen LogP contribution in [0.1, 0.15) is 12.8 Å². The Balaban J connectivity index is 0.00000176. The van der Waals surface area contributed by atoms with Crippen LogP contribution in [-0.2, 0) is 21.1 Å². The van der Waals surface area contributed by atoms with Gasteiger partial charge in [-0.15, -0.1) is 12.3 Å². The van der Waals surface area contributed by atoms with E-state index in [2.05, 4.69) is 27.9 Å². The maximum absolute atomic E-state index is 11.6. The van der Waals surface area contributed by atoms with Gasteiger partial charge in [0.05, 0.1) is 0 Å². The number of carbonyl (C=O) groups excluding carboxylic acids is 1. The standard InChI is InChI=1S/C15H19N4OS.W/c1-16-15(20)19-7-3-11(4-8-19)10-18-12-2-6-17-13-5-9-21-14(12)13;/h2,5,9,11H,3-4,7-8,10H2,1H3,(H,16,20)(H,17,18);/q-1;+2. The fourth-order valence-corrected chi connectivity index (χ4v) is 3.51. The van der Waals surface area contributed by atoms with Crippen LogP contribution in [-0.4, -0.2) is 42.6 Å². The summed E-state index contributed by atoms with van der Waals surface area (Å²) in [6.45, 7) is 2.47. The normalized spacial score (nSPS) is 16.6. The van der Waals surface area contributed by atoms with Crippen LogP contribution >= 0.6 is 11.3 Å². The molecular weight excluding hydrogens is 468 g/mol. The van der Waals surface area contributed by atoms with Crippen LogP contribution in [0, 0.1) is 12.1 Å². The molecule has 5 nitrogen and oxygen atoms in total. The third-order valence-corrected chi connectivity index (χ3v) is 4.89. The smallest absolute Gasteiger partial charge is 0.468 e. The van der Waals surface area contributed by atoms with E-state index < -0.39 is 0 Å². The van der Waals surface area contributed by atoms with E-state index in [1.54, 1.807) is 18.4 Å². The van der Waals surface area contributed by atoms with Gasteiger partial charge in [0.25, 0.3) is 0 Å². The van der Waals surface area contributed by atoms with Crippen LogP contribution < -0.4 is 10.7 Å². The van der Waals surface area contributed by atoms with Gasteiger partial charge in [0, 0.05) is 26.7 Å². The van der Waals surface area contributed by atoms with E-state index in [9.17, 15) is 4.79 Å². The molecule has 116 valence electrons. The van der Waals surface area contributed by atoms with Gasteiger partial charge in [-0.1, -0.05) is 11.6 Å². The number of rotatable bonds is 2. The molecule has 1 fully saturated rings. The van der Waals surface area contributed by atoms with Crippen molar-refractivity contribution in [2.24, 2.45) is 10.9 Å². The van der Waals surface area contributed by atoms with Gasteiger partial charge >= 0.3 is 27.1 Å². The van der Waals surface area contributed by atoms with Gasteiger partial charge in [0.2, 0.25) is 0 Å². The molecule has 0 atom stereocenters. The van der Waals surface area contributed by atoms with E-state index in [1.807, 2.05) is 11.0 Å². The van der Waals surface area contributed by atoms with E-state index >= 15 is 0 Å². The summed E-state index contributed by atoms with van der Waals surface area (Å²) >= 11 is 1.70. The van der Waals surface area contributed by atoms with Crippen molar-refractivity contribution in [2.45, 2.75) is 12.8 Å². The molecule has 0 spiro atoms. The van der Waals surface area contributed by atoms with Crippen molar-refractivity contribution in [1.82, 2.24) is 15.2 Å². The summed E-state index contributed by atoms with van der Waals surface area (Å²) in [4.78, 5) is 21.3. The van der Waals surface area contributed by atoms with Crippen molar-refractivity contribution in [3.05, 3.63) is 29.1 Å². The summed E-state index contributed by atoms with van der Waals surface area (Å²) in [6, 6.07) is 3.99. The Morgan fingerprint density at radius 1 is 1.55 bits per heavy atom. The molecule has 2 aromatic rings. The van der Waals surface area contributed by atoms with Gasteiger partial charge in [0.15, 0.2) is 0 Å². The molecule has 3 rings (SSSR count). The number of hydrogen-bond acceptors (Lipinski definition) is 3. The monoisotopic (exact) mass is 487 g/mol. The van der Waals surface area contributed by atoms with Crippen LogP contribution in [0.3, 0.4) is 0 Å². The Morgan fingerprint density at radius 3 is 3.05 bits per heavy atom. The summed E-state index contributed by atoms with van der Waals surface area (Å²) in [7, 11) is 1.68. The Morgan fingerprint density at radius 2 is 2.32 bits per heavy atom. The minimum absolute atomic E-state index is 0. The molecule has 22 heavy (non-hydrogen) atoms. The first-order chi connectivity index (χ1) is 10.3. The molecule has 0 radical (unpaired) electrons. The number of piperidine rings is 1. The molecule has 2 amide bonds. The number of nitrogens with one attached hydrogen (secondary N) is 2. The predicted molar refractivity (Wildman–Crippen MR) is 84.2 cm³/mol. The number of carbonyl (C=O) groups is 1. The first-order valence-electron chi connectivity index (χ1n) is 7.21. The molecule has 3 heterocycles. The van der Waals surface area contributed by atoms with E-state index in [0.717, 1.165) is 43.3 Å². The number of H-pyrrole nitrogens is 1. The molecule has 1 saturated heterocycles. The number of fused-ring (bicyclic) bond motifs is 1. The minimum Gasteiger partial charge on any atom is -0.468 e.